The fourth-order valence-corrected chi connectivity index (χ4v) is 1.05. The van der Waals surface area contributed by atoms with Gasteiger partial charge in [-0.15, -0.1) is 0 Å². The number of hydrogen-bond donors (Lipinski definition) is 1. The zero-order valence-corrected chi connectivity index (χ0v) is 8.35. The van der Waals surface area contributed by atoms with Crippen LogP contribution in [0, 0.1) is 30.3 Å². The van der Waals surface area contributed by atoms with Crippen LogP contribution in [0.15, 0.2) is 12.1 Å². The highest BCUT2D eigenvalue weighted by molar-refractivity contribution is 5.70. The van der Waals surface area contributed by atoms with Crippen LogP contribution in [0.4, 0.5) is 17.1 Å². The number of nitro benzene ring substituents is 3. The fraction of sp³-hybridized carbons (Fsp3) is 0. The molecule has 1 aromatic carbocycles. The van der Waals surface area contributed by atoms with Gasteiger partial charge >= 0.3 is 17.1 Å². The normalized spacial score (nSPS) is 9.18. The summed E-state index contributed by atoms with van der Waals surface area (Å²) in [4.78, 5) is 27.5. The maximum absolute atomic E-state index is 11.0. The van der Waals surface area contributed by atoms with E-state index in [1.165, 1.54) is 0 Å². The molecule has 0 unspecified atom stereocenters. The smallest absolute Gasteiger partial charge is 0.421 e. The van der Waals surface area contributed by atoms with Crippen LogP contribution < -0.4 is 11.3 Å². The molecule has 0 saturated carbocycles. The first-order valence-electron chi connectivity index (χ1n) is 3.63. The molecule has 17 heavy (non-hydrogen) atoms. The fourth-order valence-electron chi connectivity index (χ4n) is 1.05. The molecule has 4 N–H and O–H groups in total. The van der Waals surface area contributed by atoms with Gasteiger partial charge in [0.2, 0.25) is 0 Å². The second kappa shape index (κ2) is 4.80. The van der Waals surface area contributed by atoms with Crippen molar-refractivity contribution in [3.8, 4) is 5.75 Å². The van der Waals surface area contributed by atoms with E-state index in [0.717, 1.165) is 0 Å². The van der Waals surface area contributed by atoms with Crippen LogP contribution >= 0.6 is 0 Å². The van der Waals surface area contributed by atoms with Gasteiger partial charge in [-0.25, -0.2) is 0 Å². The number of hydrogen-bond acceptors (Lipinski definition) is 7. The Morgan fingerprint density at radius 1 is 0.824 bits per heavy atom. The Kier molecular flexibility index (Phi) is 4.00. The summed E-state index contributed by atoms with van der Waals surface area (Å²) in [6.45, 7) is 0. The van der Waals surface area contributed by atoms with Crippen LogP contribution in [-0.2, 0) is 0 Å². The highest BCUT2D eigenvalue weighted by Gasteiger charge is 2.35. The van der Waals surface area contributed by atoms with Gasteiger partial charge in [0.05, 0.1) is 14.8 Å². The van der Waals surface area contributed by atoms with Crippen LogP contribution in [0.5, 0.6) is 5.75 Å². The molecule has 1 rings (SSSR count). The standard InChI is InChI=1S/C6H3N3O7.H3N/c10-4-2-1-3(7(11)12)5(8(13)14)6(4)9(15)16;/h1-2,10H;1H3. The van der Waals surface area contributed by atoms with Crippen molar-refractivity contribution in [2.45, 2.75) is 0 Å². The third kappa shape index (κ3) is 2.40. The molecular formula is C6H6N4O7. The second-order valence-corrected chi connectivity index (χ2v) is 2.55. The van der Waals surface area contributed by atoms with E-state index in [1.54, 1.807) is 0 Å². The average Bonchev–Trinajstić information content (AvgIpc) is 2.15. The Balaban J connectivity index is 0.00000256. The van der Waals surface area contributed by atoms with Gasteiger partial charge in [0, 0.05) is 6.07 Å². The van der Waals surface area contributed by atoms with Crippen LogP contribution in [0.2, 0.25) is 0 Å². The van der Waals surface area contributed by atoms with Crippen molar-refractivity contribution in [3.63, 3.8) is 0 Å². The second-order valence-electron chi connectivity index (χ2n) is 2.55. The summed E-state index contributed by atoms with van der Waals surface area (Å²) >= 11 is 0. The highest BCUT2D eigenvalue weighted by atomic mass is 16.6. The molecule has 0 amide bonds. The minimum atomic E-state index is -1.40. The Labute approximate surface area is 92.3 Å². The van der Waals surface area contributed by atoms with Crippen LogP contribution in [0.3, 0.4) is 0 Å². The Hall–Kier alpha value is -2.82. The van der Waals surface area contributed by atoms with E-state index in [0.29, 0.717) is 12.1 Å². The van der Waals surface area contributed by atoms with Crippen molar-refractivity contribution in [1.82, 2.24) is 6.15 Å². The lowest BCUT2D eigenvalue weighted by Gasteiger charge is -2.05. The summed E-state index contributed by atoms with van der Waals surface area (Å²) in [5.41, 5.74) is -3.89. The Morgan fingerprint density at radius 3 is 1.65 bits per heavy atom. The first-order valence-corrected chi connectivity index (χ1v) is 3.63. The predicted molar refractivity (Wildman–Crippen MR) is 51.8 cm³/mol. The third-order valence-electron chi connectivity index (χ3n) is 1.65. The molecule has 0 radical (unpaired) electrons. The van der Waals surface area contributed by atoms with Crippen LogP contribution in [0.25, 0.3) is 0 Å². The van der Waals surface area contributed by atoms with E-state index >= 15 is 0 Å². The maximum atomic E-state index is 11.0. The number of nitro groups is 3. The van der Waals surface area contributed by atoms with E-state index in [9.17, 15) is 35.4 Å². The summed E-state index contributed by atoms with van der Waals surface area (Å²) in [6, 6.07) is 1.11. The Morgan fingerprint density at radius 2 is 1.29 bits per heavy atom. The van der Waals surface area contributed by atoms with Crippen molar-refractivity contribution in [3.05, 3.63) is 42.5 Å². The molecule has 0 bridgehead atoms. The molecule has 0 saturated heterocycles. The minimum Gasteiger partial charge on any atom is -0.868 e. The van der Waals surface area contributed by atoms with Gasteiger partial charge in [-0.1, -0.05) is 6.07 Å². The molecular weight excluding hydrogens is 240 g/mol. The van der Waals surface area contributed by atoms with Crippen molar-refractivity contribution >= 4 is 17.1 Å². The predicted octanol–water partition coefficient (Wildman–Crippen LogP) is 0.861. The molecule has 0 fully saturated rings. The quantitative estimate of drug-likeness (QED) is 0.603. The first kappa shape index (κ1) is 14.2. The zero-order chi connectivity index (χ0) is 12.5. The van der Waals surface area contributed by atoms with Crippen molar-refractivity contribution in [2.75, 3.05) is 0 Å². The number of nitrogens with zero attached hydrogens (tertiary/aromatic N) is 3. The third-order valence-corrected chi connectivity index (χ3v) is 1.65. The minimum absolute atomic E-state index is 0. The van der Waals surface area contributed by atoms with Crippen molar-refractivity contribution in [1.29, 1.82) is 0 Å². The van der Waals surface area contributed by atoms with Crippen LogP contribution in [-0.4, -0.2) is 14.8 Å². The van der Waals surface area contributed by atoms with Gasteiger partial charge < -0.3 is 11.3 Å². The van der Waals surface area contributed by atoms with E-state index in [1.807, 2.05) is 0 Å². The van der Waals surface area contributed by atoms with Crippen molar-refractivity contribution in [2.24, 2.45) is 0 Å². The van der Waals surface area contributed by atoms with Crippen LogP contribution in [0.1, 0.15) is 0 Å². The first-order chi connectivity index (χ1) is 7.36. The maximum Gasteiger partial charge on any atom is 0.421 e. The lowest BCUT2D eigenvalue weighted by atomic mass is 10.2. The zero-order valence-electron chi connectivity index (χ0n) is 8.35. The van der Waals surface area contributed by atoms with E-state index in [2.05, 4.69) is 0 Å². The summed E-state index contributed by atoms with van der Waals surface area (Å²) in [5.74, 6) is -1.25. The molecule has 0 heterocycles. The summed E-state index contributed by atoms with van der Waals surface area (Å²) in [7, 11) is 0. The summed E-state index contributed by atoms with van der Waals surface area (Å²) in [5, 5.41) is 42.2. The molecule has 0 spiro atoms. The summed E-state index contributed by atoms with van der Waals surface area (Å²) in [6.07, 6.45) is 0. The number of benzene rings is 1. The molecule has 1 aromatic rings. The molecule has 11 heteroatoms. The van der Waals surface area contributed by atoms with E-state index < -0.39 is 37.6 Å². The molecule has 0 aliphatic carbocycles. The molecule has 0 aliphatic rings. The van der Waals surface area contributed by atoms with Gasteiger partial charge in [0.1, 0.15) is 0 Å². The molecule has 0 atom stereocenters. The van der Waals surface area contributed by atoms with Gasteiger partial charge in [0.25, 0.3) is 0 Å². The number of quaternary nitrogens is 1. The van der Waals surface area contributed by atoms with Gasteiger partial charge in [-0.05, 0) is 5.75 Å². The average molecular weight is 246 g/mol. The van der Waals surface area contributed by atoms with Gasteiger partial charge in [0.15, 0.2) is 0 Å². The monoisotopic (exact) mass is 246 g/mol. The largest absolute Gasteiger partial charge is 0.868 e. The van der Waals surface area contributed by atoms with E-state index in [-0.39, 0.29) is 6.15 Å². The molecule has 11 nitrogen and oxygen atoms in total. The van der Waals surface area contributed by atoms with E-state index in [4.69, 9.17) is 0 Å². The molecule has 92 valence electrons. The lowest BCUT2D eigenvalue weighted by molar-refractivity contribution is -0.445. The van der Waals surface area contributed by atoms with Gasteiger partial charge in [-0.3, -0.25) is 30.3 Å². The molecule has 0 aromatic heterocycles. The van der Waals surface area contributed by atoms with Gasteiger partial charge in [-0.2, -0.15) is 0 Å². The highest BCUT2D eigenvalue weighted by Crippen LogP contribution is 2.40. The summed E-state index contributed by atoms with van der Waals surface area (Å²) < 4.78 is 0. The van der Waals surface area contributed by atoms with Crippen molar-refractivity contribution < 1.29 is 19.9 Å². The lowest BCUT2D eigenvalue weighted by Crippen LogP contribution is -2.05. The molecule has 0 aliphatic heterocycles. The Bertz CT molecular complexity index is 499. The SMILES string of the molecule is O=[N+]([O-])c1ccc([O-])c([N+](=O)[O-])c1[N+](=O)[O-].[NH4+]. The number of rotatable bonds is 3. The topological polar surface area (TPSA) is 189 Å².